The molecule has 0 saturated carbocycles. The van der Waals surface area contributed by atoms with Crippen LogP contribution >= 0.6 is 0 Å². The Morgan fingerprint density at radius 3 is 2.35 bits per heavy atom. The minimum atomic E-state index is -1.26. The van der Waals surface area contributed by atoms with Crippen LogP contribution in [0.2, 0.25) is 0 Å². The van der Waals surface area contributed by atoms with Gasteiger partial charge in [-0.1, -0.05) is 26.7 Å². The predicted octanol–water partition coefficient (Wildman–Crippen LogP) is 3.68. The minimum absolute atomic E-state index is 0.140. The highest BCUT2D eigenvalue weighted by molar-refractivity contribution is 6.01. The number of anilines is 1. The van der Waals surface area contributed by atoms with Gasteiger partial charge in [0.15, 0.2) is 0 Å². The molecule has 1 rings (SSSR count). The molecule has 0 spiro atoms. The van der Waals surface area contributed by atoms with E-state index in [1.807, 2.05) is 13.8 Å². The second kappa shape index (κ2) is 7.62. The molecule has 1 amide bonds. The van der Waals surface area contributed by atoms with E-state index in [2.05, 4.69) is 5.32 Å². The number of carbonyl (C=O) groups is 2. The van der Waals surface area contributed by atoms with Crippen LogP contribution in [0.1, 0.15) is 49.9 Å². The van der Waals surface area contributed by atoms with Gasteiger partial charge in [0.25, 0.3) is 0 Å². The molecule has 0 aliphatic rings. The van der Waals surface area contributed by atoms with Gasteiger partial charge in [0.1, 0.15) is 5.82 Å². The van der Waals surface area contributed by atoms with Crippen molar-refractivity contribution in [3.63, 3.8) is 0 Å². The zero-order valence-electron chi connectivity index (χ0n) is 11.8. The van der Waals surface area contributed by atoms with E-state index in [4.69, 9.17) is 5.11 Å². The maximum absolute atomic E-state index is 13.1. The molecule has 1 aromatic carbocycles. The molecular weight excluding hydrogens is 261 g/mol. The first-order valence-corrected chi connectivity index (χ1v) is 6.83. The first-order valence-electron chi connectivity index (χ1n) is 6.83. The highest BCUT2D eigenvalue weighted by Gasteiger charge is 2.19. The van der Waals surface area contributed by atoms with Crippen LogP contribution in [0.5, 0.6) is 0 Å². The molecule has 1 aromatic rings. The third kappa shape index (κ3) is 4.33. The van der Waals surface area contributed by atoms with E-state index in [9.17, 15) is 14.0 Å². The van der Waals surface area contributed by atoms with Crippen LogP contribution in [0, 0.1) is 11.7 Å². The summed E-state index contributed by atoms with van der Waals surface area (Å²) in [7, 11) is 0. The lowest BCUT2D eigenvalue weighted by molar-refractivity contribution is -0.120. The normalized spacial score (nSPS) is 10.6. The zero-order valence-corrected chi connectivity index (χ0v) is 11.8. The Balaban J connectivity index is 2.91. The number of halogens is 1. The second-order valence-electron chi connectivity index (χ2n) is 4.76. The maximum atomic E-state index is 13.1. The topological polar surface area (TPSA) is 66.4 Å². The molecule has 0 bridgehead atoms. The molecule has 4 nitrogen and oxygen atoms in total. The maximum Gasteiger partial charge on any atom is 0.337 e. The van der Waals surface area contributed by atoms with Gasteiger partial charge in [-0.2, -0.15) is 0 Å². The number of amides is 1. The van der Waals surface area contributed by atoms with Gasteiger partial charge < -0.3 is 10.4 Å². The first-order chi connectivity index (χ1) is 9.49. The molecule has 0 fully saturated rings. The lowest BCUT2D eigenvalue weighted by Gasteiger charge is -2.16. The molecule has 0 heterocycles. The summed E-state index contributed by atoms with van der Waals surface area (Å²) in [6, 6.07) is 3.33. The lowest BCUT2D eigenvalue weighted by atomic mass is 9.97. The van der Waals surface area contributed by atoms with Crippen LogP contribution in [0.3, 0.4) is 0 Å². The van der Waals surface area contributed by atoms with E-state index in [0.717, 1.165) is 37.8 Å². The molecule has 0 unspecified atom stereocenters. The summed E-state index contributed by atoms with van der Waals surface area (Å²) in [5.41, 5.74) is -0.0915. The standard InChI is InChI=1S/C15H20FNO3/c1-3-5-10(6-4-2)14(18)17-13-8-7-11(16)9-12(13)15(19)20/h7-10H,3-6H2,1-2H3,(H,17,18)(H,19,20). The van der Waals surface area contributed by atoms with Gasteiger partial charge in [-0.3, -0.25) is 4.79 Å². The van der Waals surface area contributed by atoms with Crippen LogP contribution in [0.15, 0.2) is 18.2 Å². The molecule has 5 heteroatoms. The van der Waals surface area contributed by atoms with E-state index in [1.54, 1.807) is 0 Å². The smallest absolute Gasteiger partial charge is 0.337 e. The van der Waals surface area contributed by atoms with Crippen molar-refractivity contribution >= 4 is 17.6 Å². The van der Waals surface area contributed by atoms with Crippen LogP contribution in [-0.4, -0.2) is 17.0 Å². The summed E-state index contributed by atoms with van der Waals surface area (Å²) in [6.07, 6.45) is 3.27. The highest BCUT2D eigenvalue weighted by Crippen LogP contribution is 2.21. The van der Waals surface area contributed by atoms with Crippen molar-refractivity contribution in [1.29, 1.82) is 0 Å². The van der Waals surface area contributed by atoms with E-state index >= 15 is 0 Å². The van der Waals surface area contributed by atoms with Gasteiger partial charge in [-0.05, 0) is 31.0 Å². The summed E-state index contributed by atoms with van der Waals surface area (Å²) in [6.45, 7) is 3.99. The van der Waals surface area contributed by atoms with Gasteiger partial charge in [0.05, 0.1) is 11.3 Å². The summed E-state index contributed by atoms with van der Waals surface area (Å²) in [5.74, 6) is -2.25. The van der Waals surface area contributed by atoms with E-state index < -0.39 is 11.8 Å². The summed E-state index contributed by atoms with van der Waals surface area (Å²) in [5, 5.41) is 11.6. The van der Waals surface area contributed by atoms with Crippen molar-refractivity contribution in [2.75, 3.05) is 5.32 Å². The fourth-order valence-electron chi connectivity index (χ4n) is 2.14. The lowest BCUT2D eigenvalue weighted by Crippen LogP contribution is -2.24. The third-order valence-electron chi connectivity index (χ3n) is 3.11. The fraction of sp³-hybridized carbons (Fsp3) is 0.467. The van der Waals surface area contributed by atoms with Crippen molar-refractivity contribution in [3.8, 4) is 0 Å². The van der Waals surface area contributed by atoms with Crippen LogP contribution < -0.4 is 5.32 Å². The molecule has 110 valence electrons. The molecular formula is C15H20FNO3. The molecule has 0 atom stereocenters. The van der Waals surface area contributed by atoms with E-state index in [1.165, 1.54) is 6.07 Å². The number of hydrogen-bond acceptors (Lipinski definition) is 2. The predicted molar refractivity (Wildman–Crippen MR) is 75.3 cm³/mol. The van der Waals surface area contributed by atoms with E-state index in [0.29, 0.717) is 0 Å². The number of carbonyl (C=O) groups excluding carboxylic acids is 1. The Kier molecular flexibility index (Phi) is 6.15. The Morgan fingerprint density at radius 2 is 1.85 bits per heavy atom. The second-order valence-corrected chi connectivity index (χ2v) is 4.76. The molecule has 0 aliphatic carbocycles. The number of carboxylic acid groups (broad SMARTS) is 1. The number of benzene rings is 1. The molecule has 0 aliphatic heterocycles. The fourth-order valence-corrected chi connectivity index (χ4v) is 2.14. The number of rotatable bonds is 7. The largest absolute Gasteiger partial charge is 0.478 e. The Bertz CT molecular complexity index is 482. The van der Waals surface area contributed by atoms with Gasteiger partial charge in [0, 0.05) is 5.92 Å². The SMILES string of the molecule is CCCC(CCC)C(=O)Nc1ccc(F)cc1C(=O)O. The van der Waals surface area contributed by atoms with Crippen molar-refractivity contribution in [1.82, 2.24) is 0 Å². The summed E-state index contributed by atoms with van der Waals surface area (Å²) in [4.78, 5) is 23.2. The minimum Gasteiger partial charge on any atom is -0.478 e. The van der Waals surface area contributed by atoms with Crippen molar-refractivity contribution in [2.45, 2.75) is 39.5 Å². The van der Waals surface area contributed by atoms with Crippen LogP contribution in [0.25, 0.3) is 0 Å². The average molecular weight is 281 g/mol. The number of aromatic carboxylic acids is 1. The molecule has 0 saturated heterocycles. The highest BCUT2D eigenvalue weighted by atomic mass is 19.1. The average Bonchev–Trinajstić information content (AvgIpc) is 2.40. The Hall–Kier alpha value is -1.91. The van der Waals surface area contributed by atoms with E-state index in [-0.39, 0.29) is 23.1 Å². The van der Waals surface area contributed by atoms with Gasteiger partial charge in [-0.25, -0.2) is 9.18 Å². The van der Waals surface area contributed by atoms with Gasteiger partial charge in [0.2, 0.25) is 5.91 Å². The zero-order chi connectivity index (χ0) is 15.1. The number of hydrogen-bond donors (Lipinski definition) is 2. The van der Waals surface area contributed by atoms with Gasteiger partial charge in [-0.15, -0.1) is 0 Å². The summed E-state index contributed by atoms with van der Waals surface area (Å²) < 4.78 is 13.1. The number of nitrogens with one attached hydrogen (secondary N) is 1. The molecule has 20 heavy (non-hydrogen) atoms. The molecule has 0 radical (unpaired) electrons. The van der Waals surface area contributed by atoms with Crippen LogP contribution in [-0.2, 0) is 4.79 Å². The quantitative estimate of drug-likeness (QED) is 0.801. The summed E-state index contributed by atoms with van der Waals surface area (Å²) >= 11 is 0. The van der Waals surface area contributed by atoms with Crippen LogP contribution in [0.4, 0.5) is 10.1 Å². The van der Waals surface area contributed by atoms with Crippen molar-refractivity contribution in [3.05, 3.63) is 29.6 Å². The monoisotopic (exact) mass is 281 g/mol. The first kappa shape index (κ1) is 16.1. The Morgan fingerprint density at radius 1 is 1.25 bits per heavy atom. The van der Waals surface area contributed by atoms with Crippen molar-refractivity contribution in [2.24, 2.45) is 5.92 Å². The van der Waals surface area contributed by atoms with Crippen molar-refractivity contribution < 1.29 is 19.1 Å². The van der Waals surface area contributed by atoms with Gasteiger partial charge >= 0.3 is 5.97 Å². The molecule has 0 aromatic heterocycles. The Labute approximate surface area is 118 Å². The molecule has 2 N–H and O–H groups in total. The number of carboxylic acids is 1. The third-order valence-corrected chi connectivity index (χ3v) is 3.11.